The third-order valence-corrected chi connectivity index (χ3v) is 6.55. The molecule has 1 aromatic carbocycles. The lowest BCUT2D eigenvalue weighted by Crippen LogP contribution is -2.44. The Bertz CT molecular complexity index is 896. The van der Waals surface area contributed by atoms with Gasteiger partial charge in [-0.3, -0.25) is 4.79 Å². The van der Waals surface area contributed by atoms with Gasteiger partial charge < -0.3 is 15.5 Å². The molecule has 6 nitrogen and oxygen atoms in total. The molecule has 0 atom stereocenters. The molecule has 2 aliphatic rings. The fourth-order valence-corrected chi connectivity index (χ4v) is 4.49. The molecule has 0 spiro atoms. The highest BCUT2D eigenvalue weighted by Crippen LogP contribution is 2.48. The molecule has 30 heavy (non-hydrogen) atoms. The molecule has 2 aliphatic carbocycles. The van der Waals surface area contributed by atoms with Crippen molar-refractivity contribution in [1.82, 2.24) is 15.3 Å². The number of benzene rings is 1. The van der Waals surface area contributed by atoms with Crippen LogP contribution in [0.4, 0.5) is 11.8 Å². The highest BCUT2D eigenvalue weighted by Gasteiger charge is 2.51. The van der Waals surface area contributed by atoms with Gasteiger partial charge in [0, 0.05) is 37.9 Å². The van der Waals surface area contributed by atoms with E-state index in [9.17, 15) is 4.79 Å². The van der Waals surface area contributed by atoms with Crippen molar-refractivity contribution in [1.29, 1.82) is 0 Å². The SMILES string of the molecule is Cc1ccc(C2(C(=O)NC3CCC(Nc4ncc(C)c(N(C)C)n4)CC3)CC2)cc1. The van der Waals surface area contributed by atoms with E-state index in [2.05, 4.69) is 51.8 Å². The van der Waals surface area contributed by atoms with Crippen LogP contribution in [0.3, 0.4) is 0 Å². The summed E-state index contributed by atoms with van der Waals surface area (Å²) in [7, 11) is 3.99. The number of rotatable bonds is 6. The molecule has 1 aromatic heterocycles. The molecular formula is C24H33N5O. The molecule has 2 N–H and O–H groups in total. The minimum absolute atomic E-state index is 0.209. The number of nitrogens with zero attached hydrogens (tertiary/aromatic N) is 3. The molecule has 1 amide bonds. The number of hydrogen-bond donors (Lipinski definition) is 2. The normalized spacial score (nSPS) is 22.3. The monoisotopic (exact) mass is 407 g/mol. The van der Waals surface area contributed by atoms with Crippen LogP contribution in [0.1, 0.15) is 55.2 Å². The van der Waals surface area contributed by atoms with Crippen molar-refractivity contribution < 1.29 is 4.79 Å². The van der Waals surface area contributed by atoms with Crippen LogP contribution in [0.15, 0.2) is 30.5 Å². The molecule has 0 unspecified atom stereocenters. The van der Waals surface area contributed by atoms with E-state index in [4.69, 9.17) is 0 Å². The Labute approximate surface area is 179 Å². The Morgan fingerprint density at radius 2 is 1.67 bits per heavy atom. The molecule has 0 aliphatic heterocycles. The van der Waals surface area contributed by atoms with Gasteiger partial charge in [-0.05, 0) is 57.9 Å². The number of nitrogens with one attached hydrogen (secondary N) is 2. The van der Waals surface area contributed by atoms with Gasteiger partial charge in [0.15, 0.2) is 0 Å². The van der Waals surface area contributed by atoms with Gasteiger partial charge in [-0.1, -0.05) is 29.8 Å². The summed E-state index contributed by atoms with van der Waals surface area (Å²) in [6, 6.07) is 9.05. The first-order chi connectivity index (χ1) is 14.4. The summed E-state index contributed by atoms with van der Waals surface area (Å²) in [6.45, 7) is 4.11. The van der Waals surface area contributed by atoms with Gasteiger partial charge in [0.25, 0.3) is 0 Å². The third-order valence-electron chi connectivity index (χ3n) is 6.55. The highest BCUT2D eigenvalue weighted by molar-refractivity contribution is 5.91. The maximum absolute atomic E-state index is 13.0. The number of amides is 1. The van der Waals surface area contributed by atoms with E-state index < -0.39 is 0 Å². The number of hydrogen-bond acceptors (Lipinski definition) is 5. The van der Waals surface area contributed by atoms with Crippen molar-refractivity contribution in [3.63, 3.8) is 0 Å². The van der Waals surface area contributed by atoms with Crippen molar-refractivity contribution in [2.75, 3.05) is 24.3 Å². The first kappa shape index (κ1) is 20.6. The average Bonchev–Trinajstić information content (AvgIpc) is 3.53. The van der Waals surface area contributed by atoms with E-state index in [1.165, 1.54) is 5.56 Å². The second-order valence-corrected chi connectivity index (χ2v) is 9.21. The van der Waals surface area contributed by atoms with Gasteiger partial charge in [0.05, 0.1) is 5.41 Å². The zero-order valence-electron chi connectivity index (χ0n) is 18.5. The predicted octanol–water partition coefficient (Wildman–Crippen LogP) is 3.73. The largest absolute Gasteiger partial charge is 0.362 e. The Morgan fingerprint density at radius 3 is 2.27 bits per heavy atom. The van der Waals surface area contributed by atoms with Crippen LogP contribution >= 0.6 is 0 Å². The molecule has 2 fully saturated rings. The van der Waals surface area contributed by atoms with Crippen LogP contribution in [0.5, 0.6) is 0 Å². The third kappa shape index (κ3) is 4.27. The summed E-state index contributed by atoms with van der Waals surface area (Å²) >= 11 is 0. The van der Waals surface area contributed by atoms with Crippen LogP contribution in [0.2, 0.25) is 0 Å². The number of anilines is 2. The van der Waals surface area contributed by atoms with E-state index in [-0.39, 0.29) is 17.4 Å². The zero-order chi connectivity index (χ0) is 21.3. The lowest BCUT2D eigenvalue weighted by Gasteiger charge is -2.31. The number of aromatic nitrogens is 2. The number of carbonyl (C=O) groups excluding carboxylic acids is 1. The lowest BCUT2D eigenvalue weighted by molar-refractivity contribution is -0.124. The van der Waals surface area contributed by atoms with Crippen molar-refractivity contribution in [3.05, 3.63) is 47.2 Å². The first-order valence-electron chi connectivity index (χ1n) is 11.0. The van der Waals surface area contributed by atoms with Gasteiger partial charge >= 0.3 is 0 Å². The zero-order valence-corrected chi connectivity index (χ0v) is 18.5. The van der Waals surface area contributed by atoms with Crippen LogP contribution in [-0.2, 0) is 10.2 Å². The molecule has 1 heterocycles. The molecule has 0 radical (unpaired) electrons. The average molecular weight is 408 g/mol. The number of aryl methyl sites for hydroxylation is 2. The van der Waals surface area contributed by atoms with E-state index in [0.29, 0.717) is 12.0 Å². The van der Waals surface area contributed by atoms with E-state index >= 15 is 0 Å². The maximum atomic E-state index is 13.0. The first-order valence-corrected chi connectivity index (χ1v) is 11.0. The van der Waals surface area contributed by atoms with Gasteiger partial charge in [-0.15, -0.1) is 0 Å². The minimum Gasteiger partial charge on any atom is -0.362 e. The van der Waals surface area contributed by atoms with Crippen LogP contribution in [0.25, 0.3) is 0 Å². The van der Waals surface area contributed by atoms with Crippen molar-refractivity contribution in [3.8, 4) is 0 Å². The maximum Gasteiger partial charge on any atom is 0.230 e. The minimum atomic E-state index is -0.291. The quantitative estimate of drug-likeness (QED) is 0.764. The second-order valence-electron chi connectivity index (χ2n) is 9.21. The summed E-state index contributed by atoms with van der Waals surface area (Å²) in [5.74, 6) is 1.84. The molecule has 0 bridgehead atoms. The van der Waals surface area contributed by atoms with Gasteiger partial charge in [-0.25, -0.2) is 4.98 Å². The van der Waals surface area contributed by atoms with Gasteiger partial charge in [0.1, 0.15) is 5.82 Å². The molecule has 0 saturated heterocycles. The second kappa shape index (κ2) is 8.25. The molecular weight excluding hydrogens is 374 g/mol. The highest BCUT2D eigenvalue weighted by atomic mass is 16.2. The Morgan fingerprint density at radius 1 is 1.03 bits per heavy atom. The summed E-state index contributed by atoms with van der Waals surface area (Å²) in [5.41, 5.74) is 3.17. The lowest BCUT2D eigenvalue weighted by atomic mass is 9.89. The molecule has 2 saturated carbocycles. The Balaban J connectivity index is 1.30. The van der Waals surface area contributed by atoms with Crippen molar-refractivity contribution in [2.45, 2.75) is 69.9 Å². The summed E-state index contributed by atoms with van der Waals surface area (Å²) in [5, 5.41) is 6.84. The van der Waals surface area contributed by atoms with E-state index in [1.54, 1.807) is 0 Å². The molecule has 2 aromatic rings. The number of carbonyl (C=O) groups is 1. The van der Waals surface area contributed by atoms with Crippen molar-refractivity contribution >= 4 is 17.7 Å². The van der Waals surface area contributed by atoms with Gasteiger partial charge in [0.2, 0.25) is 11.9 Å². The fraction of sp³-hybridized carbons (Fsp3) is 0.542. The van der Waals surface area contributed by atoms with E-state index in [0.717, 1.165) is 55.5 Å². The summed E-state index contributed by atoms with van der Waals surface area (Å²) in [6.07, 6.45) is 7.78. The Kier molecular flexibility index (Phi) is 5.67. The summed E-state index contributed by atoms with van der Waals surface area (Å²) < 4.78 is 0. The smallest absolute Gasteiger partial charge is 0.230 e. The standard InChI is InChI=1S/C24H33N5O/c1-16-5-7-18(8-6-16)24(13-14-24)22(30)26-19-9-11-20(12-10-19)27-23-25-15-17(2)21(28-23)29(3)4/h5-8,15,19-20H,9-14H2,1-4H3,(H,26,30)(H,25,27,28). The molecule has 4 rings (SSSR count). The van der Waals surface area contributed by atoms with Crippen LogP contribution in [0, 0.1) is 13.8 Å². The van der Waals surface area contributed by atoms with Crippen LogP contribution < -0.4 is 15.5 Å². The van der Waals surface area contributed by atoms with E-state index in [1.807, 2.05) is 32.1 Å². The summed E-state index contributed by atoms with van der Waals surface area (Å²) in [4.78, 5) is 24.1. The molecule has 6 heteroatoms. The molecule has 160 valence electrons. The predicted molar refractivity (Wildman–Crippen MR) is 121 cm³/mol. The fourth-order valence-electron chi connectivity index (χ4n) is 4.49. The topological polar surface area (TPSA) is 70.2 Å². The van der Waals surface area contributed by atoms with Crippen molar-refractivity contribution in [2.24, 2.45) is 0 Å². The van der Waals surface area contributed by atoms with Gasteiger partial charge in [-0.2, -0.15) is 4.98 Å². The Hall–Kier alpha value is -2.63. The van der Waals surface area contributed by atoms with Crippen LogP contribution in [-0.4, -0.2) is 42.1 Å².